The van der Waals surface area contributed by atoms with Crippen LogP contribution in [0.1, 0.15) is 64.9 Å². The van der Waals surface area contributed by atoms with Gasteiger partial charge in [-0.1, -0.05) is 52.0 Å². The molecule has 0 saturated carbocycles. The van der Waals surface area contributed by atoms with Gasteiger partial charge in [0.15, 0.2) is 11.6 Å². The van der Waals surface area contributed by atoms with Crippen LogP contribution in [0.3, 0.4) is 0 Å². The second-order valence-corrected chi connectivity index (χ2v) is 12.2. The van der Waals surface area contributed by atoms with Crippen LogP contribution in [0.5, 0.6) is 0 Å². The molecule has 2 aliphatic carbocycles. The van der Waals surface area contributed by atoms with Crippen molar-refractivity contribution < 1.29 is 14.3 Å². The van der Waals surface area contributed by atoms with Crippen LogP contribution >= 0.6 is 0 Å². The lowest BCUT2D eigenvalue weighted by Crippen LogP contribution is -2.45. The van der Waals surface area contributed by atoms with E-state index in [0.29, 0.717) is 32.5 Å². The molecule has 5 nitrogen and oxygen atoms in total. The second-order valence-electron chi connectivity index (χ2n) is 12.2. The Morgan fingerprint density at radius 1 is 0.972 bits per heavy atom. The Balaban J connectivity index is 1.82. The summed E-state index contributed by atoms with van der Waals surface area (Å²) in [4.78, 5) is 30.2. The normalized spacial score (nSPS) is 21.8. The van der Waals surface area contributed by atoms with Gasteiger partial charge >= 0.3 is 0 Å². The average molecular weight is 487 g/mol. The maximum Gasteiger partial charge on any atom is 0.162 e. The number of carbonyl (C=O) groups is 2. The van der Waals surface area contributed by atoms with Crippen molar-refractivity contribution in [3.05, 3.63) is 71.2 Å². The standard InChI is InChI=1S/C31H38N2O3/c1-7-12-32-19-21(20-10-8-9-11-22(20)32)27-28-23(15-30(2,3)17-25(28)34)33(13-14-36-6)24-16-31(4,5)18-26(35)29(24)27/h7-11,19,27H,1,12-18H2,2-6H3. The van der Waals surface area contributed by atoms with E-state index in [9.17, 15) is 9.59 Å². The lowest BCUT2D eigenvalue weighted by Gasteiger charge is -2.49. The molecule has 0 amide bonds. The summed E-state index contributed by atoms with van der Waals surface area (Å²) >= 11 is 0. The summed E-state index contributed by atoms with van der Waals surface area (Å²) in [5, 5.41) is 1.10. The van der Waals surface area contributed by atoms with Crippen molar-refractivity contribution in [2.45, 2.75) is 65.8 Å². The predicted molar refractivity (Wildman–Crippen MR) is 144 cm³/mol. The van der Waals surface area contributed by atoms with Crippen LogP contribution in [0.2, 0.25) is 0 Å². The molecule has 0 N–H and O–H groups in total. The molecule has 5 heteroatoms. The van der Waals surface area contributed by atoms with Crippen LogP contribution in [0.15, 0.2) is 65.7 Å². The molecule has 3 aliphatic rings. The number of nitrogens with zero attached hydrogens (tertiary/aromatic N) is 2. The van der Waals surface area contributed by atoms with Crippen LogP contribution in [0.4, 0.5) is 0 Å². The molecular formula is C31H38N2O3. The van der Waals surface area contributed by atoms with Gasteiger partial charge in [0.05, 0.1) is 6.61 Å². The molecule has 0 atom stereocenters. The lowest BCUT2D eigenvalue weighted by atomic mass is 9.63. The molecule has 0 unspecified atom stereocenters. The van der Waals surface area contributed by atoms with Gasteiger partial charge in [-0.2, -0.15) is 0 Å². The van der Waals surface area contributed by atoms with Crippen molar-refractivity contribution in [1.82, 2.24) is 9.47 Å². The first-order chi connectivity index (χ1) is 17.1. The third-order valence-electron chi connectivity index (χ3n) is 8.00. The molecular weight excluding hydrogens is 448 g/mol. The van der Waals surface area contributed by atoms with Crippen LogP contribution < -0.4 is 0 Å². The van der Waals surface area contributed by atoms with Crippen LogP contribution in [-0.2, 0) is 20.9 Å². The fourth-order valence-electron chi connectivity index (χ4n) is 6.61. The van der Waals surface area contributed by atoms with E-state index in [4.69, 9.17) is 4.74 Å². The Bertz CT molecular complexity index is 1270. The van der Waals surface area contributed by atoms with E-state index in [-0.39, 0.29) is 28.3 Å². The number of hydrogen-bond acceptors (Lipinski definition) is 4. The number of hydrogen-bond donors (Lipinski definition) is 0. The number of ether oxygens (including phenoxy) is 1. The predicted octanol–water partition coefficient (Wildman–Crippen LogP) is 6.16. The first-order valence-corrected chi connectivity index (χ1v) is 13.0. The maximum absolute atomic E-state index is 14.0. The lowest BCUT2D eigenvalue weighted by molar-refractivity contribution is -0.119. The van der Waals surface area contributed by atoms with Gasteiger partial charge in [-0.15, -0.1) is 6.58 Å². The first kappa shape index (κ1) is 24.8. The zero-order valence-corrected chi connectivity index (χ0v) is 22.3. The minimum absolute atomic E-state index is 0.130. The number of carbonyl (C=O) groups excluding carboxylic acids is 2. The third-order valence-corrected chi connectivity index (χ3v) is 8.00. The van der Waals surface area contributed by atoms with Gasteiger partial charge in [0, 0.05) is 78.6 Å². The number of rotatable bonds is 6. The molecule has 190 valence electrons. The van der Waals surface area contributed by atoms with Crippen LogP contribution in [-0.4, -0.2) is 41.3 Å². The van der Waals surface area contributed by atoms with E-state index in [1.807, 2.05) is 18.2 Å². The quantitative estimate of drug-likeness (QED) is 0.459. The molecule has 0 bridgehead atoms. The first-order valence-electron chi connectivity index (χ1n) is 13.0. The maximum atomic E-state index is 14.0. The van der Waals surface area contributed by atoms with Gasteiger partial charge in [0.2, 0.25) is 0 Å². The van der Waals surface area contributed by atoms with Gasteiger partial charge < -0.3 is 14.2 Å². The van der Waals surface area contributed by atoms with Gasteiger partial charge in [0.25, 0.3) is 0 Å². The van der Waals surface area contributed by atoms with Crippen LogP contribution in [0.25, 0.3) is 10.9 Å². The highest BCUT2D eigenvalue weighted by Gasteiger charge is 2.49. The molecule has 0 fully saturated rings. The zero-order chi connectivity index (χ0) is 25.8. The topological polar surface area (TPSA) is 51.5 Å². The summed E-state index contributed by atoms with van der Waals surface area (Å²) in [5.41, 5.74) is 5.71. The molecule has 2 aromatic rings. The van der Waals surface area contributed by atoms with Crippen molar-refractivity contribution >= 4 is 22.5 Å². The number of Topliss-reactive ketones (excluding diaryl/α,β-unsaturated/α-hetero) is 2. The smallest absolute Gasteiger partial charge is 0.162 e. The molecule has 0 radical (unpaired) electrons. The molecule has 1 aromatic heterocycles. The summed E-state index contributed by atoms with van der Waals surface area (Å²) < 4.78 is 7.68. The van der Waals surface area contributed by atoms with Gasteiger partial charge in [-0.3, -0.25) is 9.59 Å². The SMILES string of the molecule is C=CCn1cc(C2C3=C(CC(C)(C)CC3=O)N(CCOC)C3=C2C(=O)CC(C)(C)C3)c2ccccc21. The van der Waals surface area contributed by atoms with Crippen LogP contribution in [0, 0.1) is 10.8 Å². The number of benzene rings is 1. The third kappa shape index (κ3) is 4.07. The Morgan fingerprint density at radius 3 is 2.11 bits per heavy atom. The number of aromatic nitrogens is 1. The molecule has 2 heterocycles. The number of allylic oxidation sites excluding steroid dienone is 5. The summed E-state index contributed by atoms with van der Waals surface area (Å²) in [6, 6.07) is 8.31. The van der Waals surface area contributed by atoms with Crippen molar-refractivity contribution in [2.24, 2.45) is 10.8 Å². The Labute approximate surface area is 214 Å². The minimum Gasteiger partial charge on any atom is -0.383 e. The summed E-state index contributed by atoms with van der Waals surface area (Å²) in [7, 11) is 1.71. The molecule has 0 spiro atoms. The van der Waals surface area contributed by atoms with Crippen molar-refractivity contribution in [2.75, 3.05) is 20.3 Å². The highest BCUT2D eigenvalue weighted by Crippen LogP contribution is 2.55. The fraction of sp³-hybridized carbons (Fsp3) is 0.484. The number of methoxy groups -OCH3 is 1. The highest BCUT2D eigenvalue weighted by atomic mass is 16.5. The number of ketones is 2. The van der Waals surface area contributed by atoms with Gasteiger partial charge in [0.1, 0.15) is 0 Å². The van der Waals surface area contributed by atoms with E-state index in [2.05, 4.69) is 62.1 Å². The Kier molecular flexibility index (Phi) is 6.11. The molecule has 36 heavy (non-hydrogen) atoms. The van der Waals surface area contributed by atoms with E-state index < -0.39 is 0 Å². The number of para-hydroxylation sites is 1. The van der Waals surface area contributed by atoms with E-state index in [0.717, 1.165) is 51.8 Å². The van der Waals surface area contributed by atoms with E-state index >= 15 is 0 Å². The van der Waals surface area contributed by atoms with Gasteiger partial charge in [-0.05, 0) is 35.3 Å². The summed E-state index contributed by atoms with van der Waals surface area (Å²) in [5.74, 6) is -0.00577. The second kappa shape index (κ2) is 8.88. The monoisotopic (exact) mass is 486 g/mol. The number of fused-ring (bicyclic) bond motifs is 1. The zero-order valence-electron chi connectivity index (χ0n) is 22.3. The fourth-order valence-corrected chi connectivity index (χ4v) is 6.61. The Hall–Kier alpha value is -2.92. The largest absolute Gasteiger partial charge is 0.383 e. The van der Waals surface area contributed by atoms with Crippen molar-refractivity contribution in [3.8, 4) is 0 Å². The van der Waals surface area contributed by atoms with Crippen molar-refractivity contribution in [3.63, 3.8) is 0 Å². The summed E-state index contributed by atoms with van der Waals surface area (Å²) in [6.45, 7) is 14.5. The van der Waals surface area contributed by atoms with Crippen molar-refractivity contribution in [1.29, 1.82) is 0 Å². The molecule has 1 aliphatic heterocycles. The average Bonchev–Trinajstić information content (AvgIpc) is 3.14. The highest BCUT2D eigenvalue weighted by molar-refractivity contribution is 6.08. The molecule has 5 rings (SSSR count). The van der Waals surface area contributed by atoms with Gasteiger partial charge in [-0.25, -0.2) is 0 Å². The van der Waals surface area contributed by atoms with E-state index in [1.165, 1.54) is 0 Å². The Morgan fingerprint density at radius 2 is 1.56 bits per heavy atom. The molecule has 1 aromatic carbocycles. The minimum atomic E-state index is -0.336. The van der Waals surface area contributed by atoms with E-state index in [1.54, 1.807) is 7.11 Å². The summed E-state index contributed by atoms with van der Waals surface area (Å²) in [6.07, 6.45) is 6.65. The molecule has 0 saturated heterocycles.